The summed E-state index contributed by atoms with van der Waals surface area (Å²) in [6.07, 6.45) is -3.67. The van der Waals surface area contributed by atoms with Crippen molar-refractivity contribution in [3.8, 4) is 5.75 Å². The summed E-state index contributed by atoms with van der Waals surface area (Å²) in [5.74, 6) is -0.697. The predicted octanol–water partition coefficient (Wildman–Crippen LogP) is 3.86. The van der Waals surface area contributed by atoms with Crippen molar-refractivity contribution in [3.63, 3.8) is 0 Å². The Bertz CT molecular complexity index is 1170. The highest BCUT2D eigenvalue weighted by Gasteiger charge is 2.39. The van der Waals surface area contributed by atoms with Crippen LogP contribution in [-0.2, 0) is 15.7 Å². The van der Waals surface area contributed by atoms with Crippen LogP contribution in [0.5, 0.6) is 5.75 Å². The average Bonchev–Trinajstić information content (AvgIpc) is 2.86. The van der Waals surface area contributed by atoms with Crippen LogP contribution < -0.4 is 15.4 Å². The molecule has 4 rings (SSSR count). The summed E-state index contributed by atoms with van der Waals surface area (Å²) in [4.78, 5) is 39.5. The van der Waals surface area contributed by atoms with Crippen molar-refractivity contribution in [1.82, 2.24) is 10.2 Å². The van der Waals surface area contributed by atoms with Gasteiger partial charge in [-0.15, -0.1) is 0 Å². The van der Waals surface area contributed by atoms with Gasteiger partial charge in [0.1, 0.15) is 18.5 Å². The number of likely N-dealkylation sites (N-methyl/N-ethyl adjacent to an activating group) is 1. The van der Waals surface area contributed by atoms with Gasteiger partial charge < -0.3 is 25.0 Å². The molecule has 2 aromatic rings. The fraction of sp³-hybridized carbons (Fsp3) is 0.423. The molecule has 0 aromatic heterocycles. The lowest BCUT2D eigenvalue weighted by molar-refractivity contribution is -0.137. The number of rotatable bonds is 5. The van der Waals surface area contributed by atoms with Gasteiger partial charge in [0, 0.05) is 24.8 Å². The molecule has 1 fully saturated rings. The normalized spacial score (nSPS) is 21.6. The second kappa shape index (κ2) is 10.8. The number of fused-ring (bicyclic) bond motifs is 2. The van der Waals surface area contributed by atoms with E-state index in [1.807, 2.05) is 6.92 Å². The quantitative estimate of drug-likeness (QED) is 0.626. The number of benzene rings is 2. The van der Waals surface area contributed by atoms with Gasteiger partial charge in [0.25, 0.3) is 11.8 Å². The van der Waals surface area contributed by atoms with Crippen LogP contribution in [0.1, 0.15) is 52.5 Å². The topological polar surface area (TPSA) is 97.0 Å². The van der Waals surface area contributed by atoms with Gasteiger partial charge in [0.05, 0.1) is 29.7 Å². The van der Waals surface area contributed by atoms with Crippen molar-refractivity contribution < 1.29 is 37.0 Å². The number of hydrogen-bond donors (Lipinski definition) is 2. The lowest BCUT2D eigenvalue weighted by Crippen LogP contribution is -2.54. The Balaban J connectivity index is 1.47. The first kappa shape index (κ1) is 26.5. The van der Waals surface area contributed by atoms with Crippen molar-refractivity contribution in [1.29, 1.82) is 0 Å². The minimum absolute atomic E-state index is 0.0452. The Morgan fingerprint density at radius 3 is 2.51 bits per heavy atom. The summed E-state index contributed by atoms with van der Waals surface area (Å²) >= 11 is 0. The van der Waals surface area contributed by atoms with Gasteiger partial charge in [-0.05, 0) is 62.2 Å². The van der Waals surface area contributed by atoms with Gasteiger partial charge in [0.2, 0.25) is 5.91 Å². The van der Waals surface area contributed by atoms with E-state index < -0.39 is 23.8 Å². The molecule has 0 aliphatic carbocycles. The van der Waals surface area contributed by atoms with E-state index in [9.17, 15) is 27.6 Å². The molecule has 2 aliphatic heterocycles. The summed E-state index contributed by atoms with van der Waals surface area (Å²) in [5, 5.41) is 5.38. The molecule has 2 heterocycles. The molecule has 2 aromatic carbocycles. The van der Waals surface area contributed by atoms with E-state index in [-0.39, 0.29) is 48.1 Å². The number of carbonyl (C=O) groups excluding carboxylic acids is 3. The molecule has 3 atom stereocenters. The molecule has 0 radical (unpaired) electrons. The van der Waals surface area contributed by atoms with Crippen LogP contribution in [0.3, 0.4) is 0 Å². The second-order valence-corrected chi connectivity index (χ2v) is 9.07. The van der Waals surface area contributed by atoms with E-state index in [1.54, 1.807) is 24.1 Å². The zero-order valence-electron chi connectivity index (χ0n) is 20.4. The minimum Gasteiger partial charge on any atom is -0.490 e. The Kier molecular flexibility index (Phi) is 7.72. The van der Waals surface area contributed by atoms with Gasteiger partial charge in [0.15, 0.2) is 0 Å². The molecule has 0 saturated carbocycles. The zero-order valence-corrected chi connectivity index (χ0v) is 20.4. The van der Waals surface area contributed by atoms with E-state index in [2.05, 4.69) is 10.6 Å². The largest absolute Gasteiger partial charge is 0.490 e. The monoisotopic (exact) mass is 519 g/mol. The number of ether oxygens (including phenoxy) is 2. The molecule has 37 heavy (non-hydrogen) atoms. The first-order chi connectivity index (χ1) is 17.6. The number of alkyl halides is 3. The molecule has 0 unspecified atom stereocenters. The van der Waals surface area contributed by atoms with E-state index in [4.69, 9.17) is 9.47 Å². The number of amides is 3. The average molecular weight is 520 g/mol. The number of nitrogens with one attached hydrogen (secondary N) is 2. The number of carbonyl (C=O) groups is 3. The molecule has 2 N–H and O–H groups in total. The van der Waals surface area contributed by atoms with Crippen LogP contribution in [0.15, 0.2) is 42.5 Å². The van der Waals surface area contributed by atoms with Crippen molar-refractivity contribution in [2.75, 3.05) is 25.5 Å². The highest BCUT2D eigenvalue weighted by Crippen LogP contribution is 2.33. The number of anilines is 1. The fourth-order valence-corrected chi connectivity index (χ4v) is 4.60. The van der Waals surface area contributed by atoms with Gasteiger partial charge in [-0.25, -0.2) is 0 Å². The van der Waals surface area contributed by atoms with Crippen LogP contribution >= 0.6 is 0 Å². The van der Waals surface area contributed by atoms with Crippen molar-refractivity contribution in [3.05, 3.63) is 59.2 Å². The van der Waals surface area contributed by atoms with Crippen molar-refractivity contribution in [2.24, 2.45) is 0 Å². The molecule has 198 valence electrons. The number of halogens is 3. The molecular weight excluding hydrogens is 491 g/mol. The maximum atomic E-state index is 13.3. The second-order valence-electron chi connectivity index (χ2n) is 9.07. The lowest BCUT2D eigenvalue weighted by atomic mass is 9.94. The van der Waals surface area contributed by atoms with Crippen LogP contribution in [-0.4, -0.2) is 61.1 Å². The van der Waals surface area contributed by atoms with Crippen LogP contribution in [0.2, 0.25) is 0 Å². The third-order valence-electron chi connectivity index (χ3n) is 6.53. The molecule has 11 heteroatoms. The Hall–Kier alpha value is -3.60. The third kappa shape index (κ3) is 6.04. The Morgan fingerprint density at radius 2 is 1.84 bits per heavy atom. The predicted molar refractivity (Wildman–Crippen MR) is 128 cm³/mol. The van der Waals surface area contributed by atoms with E-state index in [0.717, 1.165) is 24.3 Å². The van der Waals surface area contributed by atoms with E-state index >= 15 is 0 Å². The summed E-state index contributed by atoms with van der Waals surface area (Å²) in [5.41, 5.74) is -0.260. The molecule has 0 bridgehead atoms. The van der Waals surface area contributed by atoms with E-state index in [0.29, 0.717) is 30.8 Å². The first-order valence-electron chi connectivity index (χ1n) is 12.0. The van der Waals surface area contributed by atoms with Gasteiger partial charge in [-0.3, -0.25) is 14.4 Å². The van der Waals surface area contributed by atoms with Crippen molar-refractivity contribution in [2.45, 2.75) is 50.6 Å². The smallest absolute Gasteiger partial charge is 0.416 e. The summed E-state index contributed by atoms with van der Waals surface area (Å²) < 4.78 is 50.4. The SMILES string of the molecule is CCNC(=O)C[C@H]1CC[C@H]2[C@H](COc3ccc(NC(=O)c4ccc(C(F)(F)F)cc4)cc3C(=O)N2C)O1. The van der Waals surface area contributed by atoms with Crippen LogP contribution in [0.4, 0.5) is 18.9 Å². The molecular formula is C26H28F3N3O5. The Morgan fingerprint density at radius 1 is 1.11 bits per heavy atom. The molecule has 0 spiro atoms. The summed E-state index contributed by atoms with van der Waals surface area (Å²) in [6.45, 7) is 2.57. The zero-order chi connectivity index (χ0) is 26.7. The third-order valence-corrected chi connectivity index (χ3v) is 6.53. The molecule has 2 aliphatic rings. The molecule has 8 nitrogen and oxygen atoms in total. The van der Waals surface area contributed by atoms with E-state index in [1.165, 1.54) is 6.07 Å². The molecule has 3 amide bonds. The van der Waals surface area contributed by atoms with Gasteiger partial charge in [-0.2, -0.15) is 13.2 Å². The van der Waals surface area contributed by atoms with Crippen LogP contribution in [0.25, 0.3) is 0 Å². The number of hydrogen-bond acceptors (Lipinski definition) is 5. The maximum absolute atomic E-state index is 13.3. The minimum atomic E-state index is -4.50. The van der Waals surface area contributed by atoms with Gasteiger partial charge >= 0.3 is 6.18 Å². The summed E-state index contributed by atoms with van der Waals surface area (Å²) in [6, 6.07) is 8.20. The van der Waals surface area contributed by atoms with Gasteiger partial charge in [-0.1, -0.05) is 0 Å². The van der Waals surface area contributed by atoms with Crippen molar-refractivity contribution >= 4 is 23.4 Å². The fourth-order valence-electron chi connectivity index (χ4n) is 4.60. The molecule has 1 saturated heterocycles. The highest BCUT2D eigenvalue weighted by atomic mass is 19.4. The number of nitrogens with zero attached hydrogens (tertiary/aromatic N) is 1. The maximum Gasteiger partial charge on any atom is 0.416 e. The highest BCUT2D eigenvalue weighted by molar-refractivity contribution is 6.05. The van der Waals surface area contributed by atoms with Crippen LogP contribution in [0, 0.1) is 0 Å². The summed E-state index contributed by atoms with van der Waals surface area (Å²) in [7, 11) is 1.68. The lowest BCUT2D eigenvalue weighted by Gasteiger charge is -2.42. The first-order valence-corrected chi connectivity index (χ1v) is 12.0. The Labute approximate surface area is 212 Å². The standard InChI is InChI=1S/C26H28F3N3O5/c1-3-30-23(33)13-18-9-10-20-22(37-18)14-36-21-11-8-17(12-19(21)25(35)32(20)2)31-24(34)15-4-6-16(7-5-15)26(27,28)29/h4-8,11-12,18,20,22H,3,9-10,13-14H2,1-2H3,(H,30,33)(H,31,34)/t18-,20+,22+/m1/s1.